The summed E-state index contributed by atoms with van der Waals surface area (Å²) >= 11 is 3.49. The number of nitrogens with one attached hydrogen (secondary N) is 1. The summed E-state index contributed by atoms with van der Waals surface area (Å²) in [5.41, 5.74) is 1.25. The van der Waals surface area contributed by atoms with Gasteiger partial charge in [0.15, 0.2) is 0 Å². The lowest BCUT2D eigenvalue weighted by Gasteiger charge is -2.19. The Hall–Kier alpha value is -1.20. The number of nitrogens with zero attached hydrogens (tertiary/aromatic N) is 3. The summed E-state index contributed by atoms with van der Waals surface area (Å²) < 4.78 is 3.03. The molecular formula is C13H17BrN4. The van der Waals surface area contributed by atoms with E-state index in [0.29, 0.717) is 0 Å². The Morgan fingerprint density at radius 2 is 2.06 bits per heavy atom. The summed E-state index contributed by atoms with van der Waals surface area (Å²) in [6.45, 7) is 4.24. The van der Waals surface area contributed by atoms with Crippen molar-refractivity contribution in [2.24, 2.45) is 7.05 Å². The van der Waals surface area contributed by atoms with Crippen LogP contribution in [0, 0.1) is 0 Å². The van der Waals surface area contributed by atoms with Gasteiger partial charge in [0.05, 0.1) is 6.04 Å². The molecule has 96 valence electrons. The molecule has 2 unspecified atom stereocenters. The Balaban J connectivity index is 2.08. The maximum absolute atomic E-state index is 4.12. The molecule has 2 atom stereocenters. The van der Waals surface area contributed by atoms with Crippen LogP contribution < -0.4 is 5.32 Å². The second-order valence-corrected chi connectivity index (χ2v) is 5.38. The molecule has 0 fully saturated rings. The maximum atomic E-state index is 4.12. The van der Waals surface area contributed by atoms with E-state index in [1.807, 2.05) is 23.7 Å². The van der Waals surface area contributed by atoms with Crippen LogP contribution in [0.2, 0.25) is 0 Å². The number of rotatable bonds is 4. The van der Waals surface area contributed by atoms with Crippen molar-refractivity contribution in [3.8, 4) is 0 Å². The van der Waals surface area contributed by atoms with Gasteiger partial charge in [0.1, 0.15) is 12.2 Å². The largest absolute Gasteiger partial charge is 0.319 e. The zero-order valence-corrected chi connectivity index (χ0v) is 12.3. The number of aryl methyl sites for hydroxylation is 1. The van der Waals surface area contributed by atoms with Crippen LogP contribution in [0.3, 0.4) is 0 Å². The number of aromatic nitrogens is 3. The number of hydrogen-bond donors (Lipinski definition) is 1. The highest BCUT2D eigenvalue weighted by Gasteiger charge is 2.14. The molecule has 1 heterocycles. The molecule has 5 heteroatoms. The van der Waals surface area contributed by atoms with Crippen LogP contribution in [0.4, 0.5) is 0 Å². The third-order valence-electron chi connectivity index (χ3n) is 2.98. The predicted molar refractivity (Wildman–Crippen MR) is 75.1 cm³/mol. The van der Waals surface area contributed by atoms with Gasteiger partial charge in [0.2, 0.25) is 0 Å². The van der Waals surface area contributed by atoms with E-state index in [0.717, 1.165) is 10.3 Å². The molecule has 0 saturated heterocycles. The predicted octanol–water partition coefficient (Wildman–Crippen LogP) is 2.99. The Labute approximate surface area is 116 Å². The van der Waals surface area contributed by atoms with Crippen molar-refractivity contribution in [1.82, 2.24) is 20.1 Å². The van der Waals surface area contributed by atoms with Crippen LogP contribution in [-0.4, -0.2) is 14.8 Å². The summed E-state index contributed by atoms with van der Waals surface area (Å²) in [6, 6.07) is 8.74. The molecule has 1 aromatic carbocycles. The molecule has 1 aromatic heterocycles. The minimum atomic E-state index is 0.159. The second kappa shape index (κ2) is 5.63. The quantitative estimate of drug-likeness (QED) is 0.944. The first-order valence-electron chi connectivity index (χ1n) is 5.93. The van der Waals surface area contributed by atoms with Crippen LogP contribution >= 0.6 is 15.9 Å². The van der Waals surface area contributed by atoms with E-state index >= 15 is 0 Å². The molecule has 18 heavy (non-hydrogen) atoms. The fraction of sp³-hybridized carbons (Fsp3) is 0.385. The smallest absolute Gasteiger partial charge is 0.149 e. The van der Waals surface area contributed by atoms with Gasteiger partial charge in [-0.15, -0.1) is 10.2 Å². The van der Waals surface area contributed by atoms with E-state index in [1.165, 1.54) is 5.56 Å². The molecule has 0 radical (unpaired) electrons. The molecule has 0 aliphatic heterocycles. The van der Waals surface area contributed by atoms with E-state index in [9.17, 15) is 0 Å². The Morgan fingerprint density at radius 1 is 1.28 bits per heavy atom. The molecule has 0 spiro atoms. The lowest BCUT2D eigenvalue weighted by molar-refractivity contribution is 0.466. The Kier molecular flexibility index (Phi) is 4.14. The summed E-state index contributed by atoms with van der Waals surface area (Å²) in [6.07, 6.45) is 1.72. The van der Waals surface area contributed by atoms with E-state index in [1.54, 1.807) is 6.33 Å². The topological polar surface area (TPSA) is 42.7 Å². The van der Waals surface area contributed by atoms with E-state index in [4.69, 9.17) is 0 Å². The van der Waals surface area contributed by atoms with Gasteiger partial charge in [0.25, 0.3) is 0 Å². The van der Waals surface area contributed by atoms with Gasteiger partial charge in [-0.3, -0.25) is 0 Å². The molecule has 0 bridgehead atoms. The van der Waals surface area contributed by atoms with Crippen LogP contribution in [-0.2, 0) is 7.05 Å². The Morgan fingerprint density at radius 3 is 2.67 bits per heavy atom. The normalized spacial score (nSPS) is 14.4. The van der Waals surface area contributed by atoms with Gasteiger partial charge in [-0.2, -0.15) is 0 Å². The number of halogens is 1. The summed E-state index contributed by atoms with van der Waals surface area (Å²) in [7, 11) is 1.96. The van der Waals surface area contributed by atoms with Crippen LogP contribution in [0.5, 0.6) is 0 Å². The lowest BCUT2D eigenvalue weighted by Crippen LogP contribution is -2.24. The average molecular weight is 309 g/mol. The minimum Gasteiger partial charge on any atom is -0.319 e. The SMILES string of the molecule is CC(NC(C)c1nncn1C)c1cccc(Br)c1. The van der Waals surface area contributed by atoms with Crippen molar-refractivity contribution in [2.45, 2.75) is 25.9 Å². The third-order valence-corrected chi connectivity index (χ3v) is 3.48. The van der Waals surface area contributed by atoms with Gasteiger partial charge in [-0.25, -0.2) is 0 Å². The molecule has 2 aromatic rings. The lowest BCUT2D eigenvalue weighted by atomic mass is 10.1. The summed E-state index contributed by atoms with van der Waals surface area (Å²) in [5.74, 6) is 0.942. The molecular weight excluding hydrogens is 292 g/mol. The molecule has 4 nitrogen and oxygen atoms in total. The van der Waals surface area contributed by atoms with E-state index in [2.05, 4.69) is 57.4 Å². The highest BCUT2D eigenvalue weighted by atomic mass is 79.9. The number of hydrogen-bond acceptors (Lipinski definition) is 3. The summed E-state index contributed by atoms with van der Waals surface area (Å²) in [4.78, 5) is 0. The van der Waals surface area contributed by atoms with Crippen LogP contribution in [0.15, 0.2) is 35.1 Å². The fourth-order valence-corrected chi connectivity index (χ4v) is 2.42. The standard InChI is InChI=1S/C13H17BrN4/c1-9(11-5-4-6-12(14)7-11)16-10(2)13-17-15-8-18(13)3/h4-10,16H,1-3H3. The molecule has 0 aliphatic rings. The van der Waals surface area contributed by atoms with E-state index in [-0.39, 0.29) is 12.1 Å². The Bertz CT molecular complexity index is 523. The van der Waals surface area contributed by atoms with Crippen molar-refractivity contribution in [1.29, 1.82) is 0 Å². The third kappa shape index (κ3) is 2.97. The minimum absolute atomic E-state index is 0.159. The highest BCUT2D eigenvalue weighted by molar-refractivity contribution is 9.10. The first kappa shape index (κ1) is 13.2. The number of benzene rings is 1. The summed E-state index contributed by atoms with van der Waals surface area (Å²) in [5, 5.41) is 11.5. The zero-order valence-electron chi connectivity index (χ0n) is 10.8. The van der Waals surface area contributed by atoms with Gasteiger partial charge < -0.3 is 9.88 Å². The van der Waals surface area contributed by atoms with Gasteiger partial charge >= 0.3 is 0 Å². The van der Waals surface area contributed by atoms with Crippen molar-refractivity contribution in [3.63, 3.8) is 0 Å². The average Bonchev–Trinajstić information content (AvgIpc) is 2.75. The molecule has 1 N–H and O–H groups in total. The van der Waals surface area contributed by atoms with Gasteiger partial charge in [-0.1, -0.05) is 28.1 Å². The molecule has 0 saturated carbocycles. The zero-order chi connectivity index (χ0) is 13.1. The van der Waals surface area contributed by atoms with Crippen LogP contribution in [0.1, 0.15) is 37.3 Å². The first-order chi connectivity index (χ1) is 8.58. The second-order valence-electron chi connectivity index (χ2n) is 4.47. The van der Waals surface area contributed by atoms with Crippen molar-refractivity contribution < 1.29 is 0 Å². The van der Waals surface area contributed by atoms with Crippen LogP contribution in [0.25, 0.3) is 0 Å². The van der Waals surface area contributed by atoms with E-state index < -0.39 is 0 Å². The van der Waals surface area contributed by atoms with Crippen molar-refractivity contribution in [3.05, 3.63) is 46.5 Å². The fourth-order valence-electron chi connectivity index (χ4n) is 2.01. The molecule has 2 rings (SSSR count). The van der Waals surface area contributed by atoms with Crippen molar-refractivity contribution in [2.75, 3.05) is 0 Å². The molecule has 0 aliphatic carbocycles. The monoisotopic (exact) mass is 308 g/mol. The maximum Gasteiger partial charge on any atom is 0.149 e. The van der Waals surface area contributed by atoms with Crippen molar-refractivity contribution >= 4 is 15.9 Å². The molecule has 0 amide bonds. The highest BCUT2D eigenvalue weighted by Crippen LogP contribution is 2.20. The van der Waals surface area contributed by atoms with Gasteiger partial charge in [0, 0.05) is 17.6 Å². The first-order valence-corrected chi connectivity index (χ1v) is 6.72. The van der Waals surface area contributed by atoms with Gasteiger partial charge in [-0.05, 0) is 31.5 Å².